The van der Waals surface area contributed by atoms with Crippen molar-refractivity contribution in [3.8, 4) is 0 Å². The molecule has 2 heterocycles. The average molecular weight is 388 g/mol. The van der Waals surface area contributed by atoms with Crippen molar-refractivity contribution in [2.75, 3.05) is 26.5 Å². The van der Waals surface area contributed by atoms with Gasteiger partial charge in [-0.1, -0.05) is 0 Å². The molecule has 26 heavy (non-hydrogen) atoms. The Morgan fingerprint density at radius 1 is 1.27 bits per heavy atom. The lowest BCUT2D eigenvalue weighted by Gasteiger charge is -2.42. The van der Waals surface area contributed by atoms with Crippen molar-refractivity contribution in [3.63, 3.8) is 0 Å². The maximum absolute atomic E-state index is 12.9. The van der Waals surface area contributed by atoms with Crippen molar-refractivity contribution >= 4 is 21.8 Å². The van der Waals surface area contributed by atoms with Crippen molar-refractivity contribution in [2.24, 2.45) is 5.92 Å². The summed E-state index contributed by atoms with van der Waals surface area (Å²) in [7, 11) is -1.78. The van der Waals surface area contributed by atoms with Gasteiger partial charge in [0.1, 0.15) is 0 Å². The lowest BCUT2D eigenvalue weighted by molar-refractivity contribution is -0.139. The molecule has 2 amide bonds. The summed E-state index contributed by atoms with van der Waals surface area (Å²) in [5.41, 5.74) is -0.123. The fourth-order valence-electron chi connectivity index (χ4n) is 4.61. The van der Waals surface area contributed by atoms with Gasteiger partial charge >= 0.3 is 0 Å². The van der Waals surface area contributed by atoms with Gasteiger partial charge in [-0.15, -0.1) is 0 Å². The van der Waals surface area contributed by atoms with E-state index < -0.39 is 10.0 Å². The molecule has 0 radical (unpaired) electrons. The normalized spacial score (nSPS) is 31.8. The summed E-state index contributed by atoms with van der Waals surface area (Å²) >= 11 is 0. The number of hydrogen-bond donors (Lipinski definition) is 2. The van der Waals surface area contributed by atoms with Gasteiger partial charge < -0.3 is 15.0 Å². The van der Waals surface area contributed by atoms with Crippen LogP contribution in [-0.2, 0) is 24.3 Å². The maximum Gasteiger partial charge on any atom is 0.225 e. The van der Waals surface area contributed by atoms with E-state index in [-0.39, 0.29) is 35.4 Å². The maximum atomic E-state index is 12.9. The molecular formula is C17H29N3O5S. The topological polar surface area (TPSA) is 105 Å². The summed E-state index contributed by atoms with van der Waals surface area (Å²) in [4.78, 5) is 26.4. The van der Waals surface area contributed by atoms with Gasteiger partial charge in [-0.25, -0.2) is 13.1 Å². The molecule has 8 nitrogen and oxygen atoms in total. The molecule has 1 aliphatic carbocycles. The first-order valence-electron chi connectivity index (χ1n) is 9.31. The van der Waals surface area contributed by atoms with Crippen LogP contribution >= 0.6 is 0 Å². The van der Waals surface area contributed by atoms with E-state index in [1.807, 2.05) is 4.90 Å². The monoisotopic (exact) mass is 387 g/mol. The van der Waals surface area contributed by atoms with Crippen LogP contribution in [0.25, 0.3) is 0 Å². The number of rotatable bonds is 4. The number of methoxy groups -OCH3 is 1. The van der Waals surface area contributed by atoms with E-state index in [2.05, 4.69) is 10.0 Å². The number of nitrogens with zero attached hydrogens (tertiary/aromatic N) is 1. The zero-order valence-electron chi connectivity index (χ0n) is 15.5. The number of likely N-dealkylation sites (tertiary alicyclic amines) is 1. The van der Waals surface area contributed by atoms with Crippen molar-refractivity contribution in [1.82, 2.24) is 14.9 Å². The molecule has 1 saturated carbocycles. The molecule has 2 saturated heterocycles. The van der Waals surface area contributed by atoms with E-state index in [0.717, 1.165) is 25.5 Å². The molecule has 2 aliphatic heterocycles. The first kappa shape index (κ1) is 19.6. The molecule has 148 valence electrons. The Kier molecular flexibility index (Phi) is 5.60. The van der Waals surface area contributed by atoms with E-state index in [9.17, 15) is 18.0 Å². The van der Waals surface area contributed by atoms with Crippen LogP contribution in [0.15, 0.2) is 0 Å². The van der Waals surface area contributed by atoms with Crippen molar-refractivity contribution in [3.05, 3.63) is 0 Å². The van der Waals surface area contributed by atoms with Crippen molar-refractivity contribution in [1.29, 1.82) is 0 Å². The number of nitrogens with one attached hydrogen (secondary N) is 2. The highest BCUT2D eigenvalue weighted by Gasteiger charge is 2.43. The van der Waals surface area contributed by atoms with Crippen LogP contribution in [0.1, 0.15) is 44.9 Å². The van der Waals surface area contributed by atoms with Crippen LogP contribution in [0.2, 0.25) is 0 Å². The van der Waals surface area contributed by atoms with Gasteiger partial charge in [0.25, 0.3) is 0 Å². The van der Waals surface area contributed by atoms with E-state index in [1.165, 1.54) is 0 Å². The Balaban J connectivity index is 1.59. The fraction of sp³-hybridized carbons (Fsp3) is 0.882. The second kappa shape index (κ2) is 7.44. The predicted molar refractivity (Wildman–Crippen MR) is 95.8 cm³/mol. The molecule has 2 N–H and O–H groups in total. The van der Waals surface area contributed by atoms with E-state index in [1.54, 1.807) is 7.11 Å². The molecule has 9 heteroatoms. The van der Waals surface area contributed by atoms with Crippen molar-refractivity contribution < 1.29 is 22.7 Å². The quantitative estimate of drug-likeness (QED) is 0.706. The fourth-order valence-corrected chi connectivity index (χ4v) is 5.41. The van der Waals surface area contributed by atoms with Crippen LogP contribution in [0.3, 0.4) is 0 Å². The summed E-state index contributed by atoms with van der Waals surface area (Å²) in [6.07, 6.45) is 5.78. The predicted octanol–water partition coefficient (Wildman–Crippen LogP) is -0.00950. The van der Waals surface area contributed by atoms with Crippen LogP contribution < -0.4 is 10.0 Å². The third-order valence-corrected chi connectivity index (χ3v) is 6.80. The number of carbonyl (C=O) groups is 2. The Bertz CT molecular complexity index is 657. The van der Waals surface area contributed by atoms with E-state index >= 15 is 0 Å². The summed E-state index contributed by atoms with van der Waals surface area (Å²) < 4.78 is 31.3. The Morgan fingerprint density at radius 3 is 2.50 bits per heavy atom. The number of piperidine rings is 1. The molecule has 3 atom stereocenters. The van der Waals surface area contributed by atoms with Crippen LogP contribution in [0.5, 0.6) is 0 Å². The molecule has 1 spiro atoms. The SMILES string of the molecule is CO[C@@H]1CC[C@H](C(=O)N2CCC3(CCC(=O)N3)CC2)C[C@H]1NS(C)(=O)=O. The highest BCUT2D eigenvalue weighted by molar-refractivity contribution is 7.88. The lowest BCUT2D eigenvalue weighted by atomic mass is 9.81. The Morgan fingerprint density at radius 2 is 1.96 bits per heavy atom. The molecule has 3 aliphatic rings. The minimum atomic E-state index is -3.36. The minimum Gasteiger partial charge on any atom is -0.380 e. The van der Waals surface area contributed by atoms with Gasteiger partial charge in [-0.3, -0.25) is 9.59 Å². The second-order valence-corrected chi connectivity index (χ2v) is 9.71. The standard InChI is InChI=1S/C17H29N3O5S/c1-25-14-4-3-12(11-13(14)19-26(2,23)24)16(22)20-9-7-17(8-10-20)6-5-15(21)18-17/h12-14,19H,3-11H2,1-2H3,(H,18,21)/t12-,13+,14+/m0/s1. The zero-order chi connectivity index (χ0) is 18.9. The number of hydrogen-bond acceptors (Lipinski definition) is 5. The van der Waals surface area contributed by atoms with Crippen LogP contribution in [0.4, 0.5) is 0 Å². The first-order valence-corrected chi connectivity index (χ1v) is 11.2. The van der Waals surface area contributed by atoms with Gasteiger partial charge in [0.2, 0.25) is 21.8 Å². The van der Waals surface area contributed by atoms with Crippen LogP contribution in [-0.4, -0.2) is 69.3 Å². The highest BCUT2D eigenvalue weighted by atomic mass is 32.2. The van der Waals surface area contributed by atoms with Crippen LogP contribution in [0, 0.1) is 5.92 Å². The molecular weight excluding hydrogens is 358 g/mol. The van der Waals surface area contributed by atoms with Gasteiger partial charge in [0.15, 0.2) is 0 Å². The molecule has 3 rings (SSSR count). The molecule has 0 aromatic heterocycles. The summed E-state index contributed by atoms with van der Waals surface area (Å²) in [6, 6.07) is -0.372. The minimum absolute atomic E-state index is 0.0963. The number of carbonyl (C=O) groups excluding carboxylic acids is 2. The van der Waals surface area contributed by atoms with Gasteiger partial charge in [-0.2, -0.15) is 0 Å². The van der Waals surface area contributed by atoms with Gasteiger partial charge in [0, 0.05) is 44.1 Å². The lowest BCUT2D eigenvalue weighted by Crippen LogP contribution is -2.55. The zero-order valence-corrected chi connectivity index (χ0v) is 16.3. The third-order valence-electron chi connectivity index (χ3n) is 6.07. The number of amides is 2. The smallest absolute Gasteiger partial charge is 0.225 e. The molecule has 3 fully saturated rings. The first-order chi connectivity index (χ1) is 12.2. The molecule has 0 bridgehead atoms. The van der Waals surface area contributed by atoms with Crippen molar-refractivity contribution in [2.45, 2.75) is 62.6 Å². The Hall–Kier alpha value is -1.19. The third kappa shape index (κ3) is 4.37. The summed E-state index contributed by atoms with van der Waals surface area (Å²) in [5, 5.41) is 3.08. The number of ether oxygens (including phenoxy) is 1. The summed E-state index contributed by atoms with van der Waals surface area (Å²) in [6.45, 7) is 1.29. The molecule has 0 aromatic rings. The Labute approximate surface area is 155 Å². The molecule has 0 aromatic carbocycles. The van der Waals surface area contributed by atoms with E-state index in [4.69, 9.17) is 4.74 Å². The average Bonchev–Trinajstić information content (AvgIpc) is 2.94. The largest absolute Gasteiger partial charge is 0.380 e. The van der Waals surface area contributed by atoms with Gasteiger partial charge in [-0.05, 0) is 38.5 Å². The second-order valence-electron chi connectivity index (χ2n) is 7.93. The summed E-state index contributed by atoms with van der Waals surface area (Å²) in [5.74, 6) is 0.0178. The highest BCUT2D eigenvalue weighted by Crippen LogP contribution is 2.34. The van der Waals surface area contributed by atoms with E-state index in [0.29, 0.717) is 38.8 Å². The molecule has 0 unspecified atom stereocenters. The number of sulfonamides is 1. The van der Waals surface area contributed by atoms with Gasteiger partial charge in [0.05, 0.1) is 12.4 Å².